The summed E-state index contributed by atoms with van der Waals surface area (Å²) >= 11 is 0. The zero-order valence-corrected chi connectivity index (χ0v) is 31.5. The maximum atomic E-state index is 11.5. The van der Waals surface area contributed by atoms with Gasteiger partial charge in [-0.2, -0.15) is 0 Å². The maximum absolute atomic E-state index is 11.5. The third-order valence-corrected chi connectivity index (χ3v) is 6.72. The molecule has 0 fully saturated rings. The molecule has 0 spiro atoms. The van der Waals surface area contributed by atoms with Crippen LogP contribution in [-0.2, 0) is 77.8 Å². The zero-order valence-electron chi connectivity index (χ0n) is 31.5. The lowest BCUT2D eigenvalue weighted by atomic mass is 10.2. The summed E-state index contributed by atoms with van der Waals surface area (Å²) in [5.74, 6) is -1.21. The Balaban J connectivity index is 1.62. The summed E-state index contributed by atoms with van der Waals surface area (Å²) in [4.78, 5) is 21.9. The van der Waals surface area contributed by atoms with E-state index in [1.54, 1.807) is 0 Å². The number of hydrogen-bond acceptors (Lipinski definition) is 15. The van der Waals surface area contributed by atoms with Crippen molar-refractivity contribution < 1.29 is 76.3 Å². The molecular formula is C37H64O16. The molecule has 0 unspecified atom stereocenters. The molecule has 0 saturated heterocycles. The monoisotopic (exact) mass is 764 g/mol. The normalized spacial score (nSPS) is 11.3. The molecule has 308 valence electrons. The van der Waals surface area contributed by atoms with Crippen LogP contribution in [0.15, 0.2) is 30.3 Å². The summed E-state index contributed by atoms with van der Waals surface area (Å²) in [6.07, 6.45) is 1.23. The van der Waals surface area contributed by atoms with E-state index in [0.717, 1.165) is 5.56 Å². The summed E-state index contributed by atoms with van der Waals surface area (Å²) in [7, 11) is 0. The van der Waals surface area contributed by atoms with Crippen molar-refractivity contribution in [1.82, 2.24) is 0 Å². The van der Waals surface area contributed by atoms with Crippen molar-refractivity contribution in [2.45, 2.75) is 32.3 Å². The standard InChI is InChI=1S/C37H64O16/c38-36(39)8-4-5-9-37(40)53-33-32-51-29-28-49-25-24-47-21-20-45-17-16-43-13-12-41-10-11-42-14-15-44-18-19-46-22-23-48-26-27-50-30-31-52-34-35-6-2-1-3-7-35/h1-3,6-7H,4-5,8-34H2,(H,38,39). The van der Waals surface area contributed by atoms with Crippen LogP contribution >= 0.6 is 0 Å². The molecule has 16 nitrogen and oxygen atoms in total. The van der Waals surface area contributed by atoms with E-state index in [-0.39, 0.29) is 32.0 Å². The van der Waals surface area contributed by atoms with E-state index in [1.165, 1.54) is 0 Å². The average Bonchev–Trinajstić information content (AvgIpc) is 3.16. The van der Waals surface area contributed by atoms with Crippen molar-refractivity contribution in [1.29, 1.82) is 0 Å². The maximum Gasteiger partial charge on any atom is 0.305 e. The van der Waals surface area contributed by atoms with E-state index in [0.29, 0.717) is 165 Å². The lowest BCUT2D eigenvalue weighted by Gasteiger charge is -2.09. The van der Waals surface area contributed by atoms with Crippen LogP contribution in [0.5, 0.6) is 0 Å². The van der Waals surface area contributed by atoms with Gasteiger partial charge in [0.1, 0.15) is 6.61 Å². The van der Waals surface area contributed by atoms with Gasteiger partial charge in [0.05, 0.1) is 159 Å². The summed E-state index contributed by atoms with van der Waals surface area (Å²) in [6, 6.07) is 10.1. The van der Waals surface area contributed by atoms with Gasteiger partial charge in [0.15, 0.2) is 0 Å². The number of carboxylic acids is 1. The van der Waals surface area contributed by atoms with E-state index < -0.39 is 5.97 Å². The van der Waals surface area contributed by atoms with Gasteiger partial charge in [0.2, 0.25) is 0 Å². The zero-order chi connectivity index (χ0) is 38.0. The first-order chi connectivity index (χ1) is 26.2. The van der Waals surface area contributed by atoms with E-state index in [4.69, 9.17) is 66.7 Å². The highest BCUT2D eigenvalue weighted by Gasteiger charge is 2.04. The second-order valence-corrected chi connectivity index (χ2v) is 11.1. The molecule has 0 aromatic heterocycles. The minimum atomic E-state index is -0.864. The Hall–Kier alpha value is -2.32. The third-order valence-electron chi connectivity index (χ3n) is 6.72. The number of benzene rings is 1. The van der Waals surface area contributed by atoms with Crippen molar-refractivity contribution in [2.24, 2.45) is 0 Å². The van der Waals surface area contributed by atoms with Gasteiger partial charge in [0.25, 0.3) is 0 Å². The first kappa shape index (κ1) is 48.7. The minimum Gasteiger partial charge on any atom is -0.481 e. The van der Waals surface area contributed by atoms with Gasteiger partial charge in [-0.25, -0.2) is 0 Å². The number of carbonyl (C=O) groups is 2. The molecule has 0 amide bonds. The van der Waals surface area contributed by atoms with Gasteiger partial charge in [-0.3, -0.25) is 9.59 Å². The van der Waals surface area contributed by atoms with E-state index >= 15 is 0 Å². The Bertz CT molecular complexity index is 910. The number of carbonyl (C=O) groups excluding carboxylic acids is 1. The van der Waals surface area contributed by atoms with Crippen molar-refractivity contribution in [3.63, 3.8) is 0 Å². The Kier molecular flexibility index (Phi) is 37.5. The number of aliphatic carboxylic acids is 1. The topological polar surface area (TPSA) is 174 Å². The van der Waals surface area contributed by atoms with Gasteiger partial charge in [0, 0.05) is 12.8 Å². The molecule has 0 heterocycles. The summed E-state index contributed by atoms with van der Waals surface area (Å²) in [5, 5.41) is 8.56. The SMILES string of the molecule is O=C(O)CCCCC(=O)OCCOCCOCCOCCOCCOCCOCCOCCOCCOCCOCCOCCOCc1ccccc1. The fourth-order valence-corrected chi connectivity index (χ4v) is 4.02. The molecule has 0 bridgehead atoms. The molecule has 0 aliphatic rings. The van der Waals surface area contributed by atoms with E-state index in [9.17, 15) is 9.59 Å². The van der Waals surface area contributed by atoms with Crippen LogP contribution in [0.1, 0.15) is 31.2 Å². The van der Waals surface area contributed by atoms with E-state index in [2.05, 4.69) is 0 Å². The number of carboxylic acid groups (broad SMARTS) is 1. The van der Waals surface area contributed by atoms with Crippen LogP contribution in [0, 0.1) is 0 Å². The van der Waals surface area contributed by atoms with Gasteiger partial charge in [-0.1, -0.05) is 30.3 Å². The molecule has 16 heteroatoms. The van der Waals surface area contributed by atoms with Crippen molar-refractivity contribution in [3.8, 4) is 0 Å². The van der Waals surface area contributed by atoms with Crippen molar-refractivity contribution in [3.05, 3.63) is 35.9 Å². The molecule has 0 radical (unpaired) electrons. The van der Waals surface area contributed by atoms with Crippen molar-refractivity contribution >= 4 is 11.9 Å². The third kappa shape index (κ3) is 39.2. The molecule has 1 aromatic carbocycles. The molecule has 0 aliphatic heterocycles. The molecule has 1 N–H and O–H groups in total. The molecule has 0 aliphatic carbocycles. The first-order valence-corrected chi connectivity index (χ1v) is 18.5. The second-order valence-electron chi connectivity index (χ2n) is 11.1. The molecule has 0 atom stereocenters. The number of ether oxygens (including phenoxy) is 13. The average molecular weight is 765 g/mol. The molecule has 1 rings (SSSR count). The highest BCUT2D eigenvalue weighted by Crippen LogP contribution is 2.02. The first-order valence-electron chi connectivity index (χ1n) is 18.5. The molecule has 0 saturated carbocycles. The van der Waals surface area contributed by atoms with Crippen LogP contribution < -0.4 is 0 Å². The predicted molar refractivity (Wildman–Crippen MR) is 192 cm³/mol. The van der Waals surface area contributed by atoms with Crippen LogP contribution in [0.25, 0.3) is 0 Å². The molecule has 53 heavy (non-hydrogen) atoms. The van der Waals surface area contributed by atoms with Crippen LogP contribution in [0.3, 0.4) is 0 Å². The fraction of sp³-hybridized carbons (Fsp3) is 0.784. The van der Waals surface area contributed by atoms with E-state index in [1.807, 2.05) is 30.3 Å². The van der Waals surface area contributed by atoms with Gasteiger partial charge in [-0.15, -0.1) is 0 Å². The highest BCUT2D eigenvalue weighted by atomic mass is 16.6. The predicted octanol–water partition coefficient (Wildman–Crippen LogP) is 2.57. The lowest BCUT2D eigenvalue weighted by molar-refractivity contribution is -0.146. The van der Waals surface area contributed by atoms with Gasteiger partial charge < -0.3 is 66.7 Å². The second kappa shape index (κ2) is 40.9. The summed E-state index contributed by atoms with van der Waals surface area (Å²) in [6.45, 7) is 11.7. The Morgan fingerprint density at radius 2 is 0.660 bits per heavy atom. The Morgan fingerprint density at radius 3 is 0.981 bits per heavy atom. The van der Waals surface area contributed by atoms with Crippen molar-refractivity contribution in [2.75, 3.05) is 159 Å². The fourth-order valence-electron chi connectivity index (χ4n) is 4.02. The Morgan fingerprint density at radius 1 is 0.377 bits per heavy atom. The van der Waals surface area contributed by atoms with Gasteiger partial charge in [-0.05, 0) is 18.4 Å². The lowest BCUT2D eigenvalue weighted by Crippen LogP contribution is -2.15. The number of rotatable bonds is 43. The number of hydrogen-bond donors (Lipinski definition) is 1. The summed E-state index contributed by atoms with van der Waals surface area (Å²) in [5.41, 5.74) is 1.15. The Labute approximate surface area is 314 Å². The smallest absolute Gasteiger partial charge is 0.305 e. The number of unbranched alkanes of at least 4 members (excludes halogenated alkanes) is 1. The van der Waals surface area contributed by atoms with Crippen LogP contribution in [0.2, 0.25) is 0 Å². The van der Waals surface area contributed by atoms with Crippen LogP contribution in [0.4, 0.5) is 0 Å². The summed E-state index contributed by atoms with van der Waals surface area (Å²) < 4.78 is 70.6. The quantitative estimate of drug-likeness (QED) is 0.0759. The molecular weight excluding hydrogens is 700 g/mol. The number of esters is 1. The minimum absolute atomic E-state index is 0.0585. The van der Waals surface area contributed by atoms with Gasteiger partial charge >= 0.3 is 11.9 Å². The van der Waals surface area contributed by atoms with Crippen LogP contribution in [-0.4, -0.2) is 176 Å². The highest BCUT2D eigenvalue weighted by molar-refractivity contribution is 5.69. The molecule has 1 aromatic rings. The largest absolute Gasteiger partial charge is 0.481 e.